The second-order valence-corrected chi connectivity index (χ2v) is 5.02. The van der Waals surface area contributed by atoms with Crippen molar-refractivity contribution in [3.8, 4) is 11.4 Å². The molecule has 0 spiro atoms. The number of nitrogens with one attached hydrogen (secondary N) is 1. The second-order valence-electron chi connectivity index (χ2n) is 5.02. The Morgan fingerprint density at radius 1 is 1.10 bits per heavy atom. The Labute approximate surface area is 120 Å². The van der Waals surface area contributed by atoms with Gasteiger partial charge in [-0.3, -0.25) is 0 Å². The summed E-state index contributed by atoms with van der Waals surface area (Å²) in [6.45, 7) is 0. The van der Waals surface area contributed by atoms with Crippen molar-refractivity contribution in [2.24, 2.45) is 0 Å². The maximum absolute atomic E-state index is 12.9. The van der Waals surface area contributed by atoms with Crippen molar-refractivity contribution in [1.29, 1.82) is 0 Å². The van der Waals surface area contributed by atoms with Gasteiger partial charge in [0, 0.05) is 17.7 Å². The normalized spacial score (nSPS) is 16.5. The highest BCUT2D eigenvalue weighted by molar-refractivity contribution is 5.58. The molecule has 1 aliphatic heterocycles. The molecule has 2 aromatic carbocycles. The van der Waals surface area contributed by atoms with Gasteiger partial charge < -0.3 is 9.84 Å². The number of rotatable bonds is 2. The molecule has 4 rings (SSSR count). The van der Waals surface area contributed by atoms with Crippen LogP contribution < -0.4 is 5.32 Å². The molecule has 1 aliphatic rings. The first-order chi connectivity index (χ1) is 10.3. The number of anilines is 1. The monoisotopic (exact) mass is 281 g/mol. The predicted octanol–water partition coefficient (Wildman–Crippen LogP) is 3.59. The van der Waals surface area contributed by atoms with Crippen LogP contribution >= 0.6 is 0 Å². The molecule has 1 aromatic heterocycles. The van der Waals surface area contributed by atoms with Gasteiger partial charge in [0.15, 0.2) is 0 Å². The van der Waals surface area contributed by atoms with E-state index < -0.39 is 0 Å². The molecular weight excluding hydrogens is 269 g/mol. The first-order valence-corrected chi connectivity index (χ1v) is 6.73. The summed E-state index contributed by atoms with van der Waals surface area (Å²) >= 11 is 0. The quantitative estimate of drug-likeness (QED) is 0.780. The Kier molecular flexibility index (Phi) is 2.70. The molecule has 0 fully saturated rings. The van der Waals surface area contributed by atoms with E-state index in [0.717, 1.165) is 17.7 Å². The Hall–Kier alpha value is -2.69. The standard InChI is InChI=1S/C16H12FN3O/c17-12-7-5-10(6-8-12)15-19-16(21-20-15)14-9-11-3-1-2-4-13(11)18-14/h1-8,14,18H,9H2/t14-/m0/s1. The van der Waals surface area contributed by atoms with E-state index in [1.54, 1.807) is 12.1 Å². The molecule has 0 radical (unpaired) electrons. The van der Waals surface area contributed by atoms with Gasteiger partial charge in [-0.15, -0.1) is 0 Å². The fourth-order valence-corrected chi connectivity index (χ4v) is 2.54. The van der Waals surface area contributed by atoms with Crippen molar-refractivity contribution in [1.82, 2.24) is 10.1 Å². The summed E-state index contributed by atoms with van der Waals surface area (Å²) in [6.07, 6.45) is 0.821. The zero-order valence-corrected chi connectivity index (χ0v) is 11.1. The lowest BCUT2D eigenvalue weighted by Gasteiger charge is -2.04. The van der Waals surface area contributed by atoms with Crippen molar-refractivity contribution in [3.05, 3.63) is 65.8 Å². The number of benzene rings is 2. The van der Waals surface area contributed by atoms with Crippen molar-refractivity contribution in [2.75, 3.05) is 5.32 Å². The largest absolute Gasteiger partial charge is 0.373 e. The van der Waals surface area contributed by atoms with E-state index in [2.05, 4.69) is 21.5 Å². The Bertz CT molecular complexity index is 757. The highest BCUT2D eigenvalue weighted by atomic mass is 19.1. The average molecular weight is 281 g/mol. The van der Waals surface area contributed by atoms with Crippen LogP contribution in [0.3, 0.4) is 0 Å². The summed E-state index contributed by atoms with van der Waals surface area (Å²) in [5.41, 5.74) is 3.08. The van der Waals surface area contributed by atoms with Crippen LogP contribution in [-0.2, 0) is 6.42 Å². The number of nitrogens with zero attached hydrogens (tertiary/aromatic N) is 2. The molecule has 0 bridgehead atoms. The Balaban J connectivity index is 1.60. The topological polar surface area (TPSA) is 51.0 Å². The van der Waals surface area contributed by atoms with Crippen molar-refractivity contribution in [3.63, 3.8) is 0 Å². The SMILES string of the molecule is Fc1ccc(-c2noc([C@@H]3Cc4ccccc4N3)n2)cc1. The first-order valence-electron chi connectivity index (χ1n) is 6.73. The maximum Gasteiger partial charge on any atom is 0.249 e. The van der Waals surface area contributed by atoms with Gasteiger partial charge in [-0.05, 0) is 35.9 Å². The minimum Gasteiger partial charge on any atom is -0.373 e. The van der Waals surface area contributed by atoms with E-state index in [1.807, 2.05) is 18.2 Å². The summed E-state index contributed by atoms with van der Waals surface area (Å²) in [7, 11) is 0. The van der Waals surface area contributed by atoms with E-state index in [-0.39, 0.29) is 11.9 Å². The van der Waals surface area contributed by atoms with Crippen LogP contribution in [0.2, 0.25) is 0 Å². The molecule has 0 aliphatic carbocycles. The summed E-state index contributed by atoms with van der Waals surface area (Å²) in [5, 5.41) is 7.34. The Morgan fingerprint density at radius 2 is 1.90 bits per heavy atom. The number of hydrogen-bond acceptors (Lipinski definition) is 4. The van der Waals surface area contributed by atoms with Gasteiger partial charge in [0.25, 0.3) is 0 Å². The molecule has 21 heavy (non-hydrogen) atoms. The first kappa shape index (κ1) is 12.1. The van der Waals surface area contributed by atoms with E-state index in [4.69, 9.17) is 4.52 Å². The predicted molar refractivity (Wildman–Crippen MR) is 76.2 cm³/mol. The minimum atomic E-state index is -0.282. The summed E-state index contributed by atoms with van der Waals surface area (Å²) in [6, 6.07) is 14.2. The molecule has 1 atom stereocenters. The summed E-state index contributed by atoms with van der Waals surface area (Å²) in [4.78, 5) is 4.41. The lowest BCUT2D eigenvalue weighted by Crippen LogP contribution is -2.05. The number of fused-ring (bicyclic) bond motifs is 1. The molecule has 104 valence electrons. The number of para-hydroxylation sites is 1. The molecule has 0 saturated carbocycles. The highest BCUT2D eigenvalue weighted by Gasteiger charge is 2.26. The van der Waals surface area contributed by atoms with Crippen molar-refractivity contribution in [2.45, 2.75) is 12.5 Å². The van der Waals surface area contributed by atoms with Crippen molar-refractivity contribution < 1.29 is 8.91 Å². The van der Waals surface area contributed by atoms with E-state index in [0.29, 0.717) is 11.7 Å². The lowest BCUT2D eigenvalue weighted by molar-refractivity contribution is 0.364. The van der Waals surface area contributed by atoms with E-state index >= 15 is 0 Å². The van der Waals surface area contributed by atoms with Gasteiger partial charge in [0.2, 0.25) is 11.7 Å². The van der Waals surface area contributed by atoms with Gasteiger partial charge >= 0.3 is 0 Å². The molecule has 5 heteroatoms. The molecule has 2 heterocycles. The molecular formula is C16H12FN3O. The third-order valence-electron chi connectivity index (χ3n) is 3.61. The number of aromatic nitrogens is 2. The fourth-order valence-electron chi connectivity index (χ4n) is 2.54. The molecule has 0 amide bonds. The third kappa shape index (κ3) is 2.16. The van der Waals surface area contributed by atoms with Crippen LogP contribution in [0.5, 0.6) is 0 Å². The highest BCUT2D eigenvalue weighted by Crippen LogP contribution is 2.33. The van der Waals surface area contributed by atoms with Gasteiger partial charge in [0.05, 0.1) is 0 Å². The molecule has 3 aromatic rings. The number of halogens is 1. The Morgan fingerprint density at radius 3 is 2.71 bits per heavy atom. The lowest BCUT2D eigenvalue weighted by atomic mass is 10.1. The number of hydrogen-bond donors (Lipinski definition) is 1. The zero-order valence-electron chi connectivity index (χ0n) is 11.1. The van der Waals surface area contributed by atoms with Gasteiger partial charge in [-0.2, -0.15) is 4.98 Å². The maximum atomic E-state index is 12.9. The minimum absolute atomic E-state index is 0.0101. The van der Waals surface area contributed by atoms with Crippen LogP contribution in [0.25, 0.3) is 11.4 Å². The van der Waals surface area contributed by atoms with Gasteiger partial charge in [-0.1, -0.05) is 23.4 Å². The smallest absolute Gasteiger partial charge is 0.249 e. The van der Waals surface area contributed by atoms with E-state index in [1.165, 1.54) is 17.7 Å². The summed E-state index contributed by atoms with van der Waals surface area (Å²) < 4.78 is 18.3. The van der Waals surface area contributed by atoms with Crippen LogP contribution in [0.15, 0.2) is 53.1 Å². The average Bonchev–Trinajstić information content (AvgIpc) is 3.14. The van der Waals surface area contributed by atoms with Crippen molar-refractivity contribution >= 4 is 5.69 Å². The molecule has 0 saturated heterocycles. The van der Waals surface area contributed by atoms with Gasteiger partial charge in [0.1, 0.15) is 11.9 Å². The third-order valence-corrected chi connectivity index (χ3v) is 3.61. The summed E-state index contributed by atoms with van der Waals surface area (Å²) in [5.74, 6) is 0.739. The van der Waals surface area contributed by atoms with Gasteiger partial charge in [-0.25, -0.2) is 4.39 Å². The van der Waals surface area contributed by atoms with Crippen LogP contribution in [0.4, 0.5) is 10.1 Å². The van der Waals surface area contributed by atoms with E-state index in [9.17, 15) is 4.39 Å². The zero-order chi connectivity index (χ0) is 14.2. The van der Waals surface area contributed by atoms with Crippen LogP contribution in [0.1, 0.15) is 17.5 Å². The van der Waals surface area contributed by atoms with Crippen LogP contribution in [0, 0.1) is 5.82 Å². The molecule has 0 unspecified atom stereocenters. The molecule has 4 nitrogen and oxygen atoms in total. The molecule has 1 N–H and O–H groups in total. The second kappa shape index (κ2) is 4.70. The fraction of sp³-hybridized carbons (Fsp3) is 0.125. The van der Waals surface area contributed by atoms with Crippen LogP contribution in [-0.4, -0.2) is 10.1 Å².